The van der Waals surface area contributed by atoms with Gasteiger partial charge in [-0.3, -0.25) is 4.79 Å². The molecule has 0 radical (unpaired) electrons. The fourth-order valence-corrected chi connectivity index (χ4v) is 2.96. The summed E-state index contributed by atoms with van der Waals surface area (Å²) < 4.78 is 0. The first-order valence-corrected chi connectivity index (χ1v) is 7.16. The molecule has 0 heterocycles. The van der Waals surface area contributed by atoms with Gasteiger partial charge in [0.05, 0.1) is 0 Å². The van der Waals surface area contributed by atoms with Gasteiger partial charge in [-0.1, -0.05) is 26.7 Å². The minimum absolute atomic E-state index is 0.366. The van der Waals surface area contributed by atoms with Crippen molar-refractivity contribution in [3.05, 3.63) is 29.3 Å². The summed E-state index contributed by atoms with van der Waals surface area (Å²) in [6, 6.07) is 6.17. The van der Waals surface area contributed by atoms with E-state index in [1.165, 1.54) is 19.3 Å². The average Bonchev–Trinajstić information content (AvgIpc) is 2.37. The number of rotatable bonds is 3. The van der Waals surface area contributed by atoms with Crippen LogP contribution >= 0.6 is 0 Å². The van der Waals surface area contributed by atoms with Crippen LogP contribution in [0.1, 0.15) is 49.0 Å². The molecule has 1 aromatic carbocycles. The van der Waals surface area contributed by atoms with Crippen LogP contribution < -0.4 is 11.1 Å². The zero-order chi connectivity index (χ0) is 14.0. The highest BCUT2D eigenvalue weighted by Crippen LogP contribution is 2.32. The maximum Gasteiger partial charge on any atom is 0.248 e. The van der Waals surface area contributed by atoms with Gasteiger partial charge in [0.15, 0.2) is 0 Å². The molecule has 2 rings (SSSR count). The van der Waals surface area contributed by atoms with Crippen LogP contribution in [0.2, 0.25) is 0 Å². The van der Waals surface area contributed by atoms with Gasteiger partial charge in [0.2, 0.25) is 5.91 Å². The predicted molar refractivity (Wildman–Crippen MR) is 79.3 cm³/mol. The van der Waals surface area contributed by atoms with E-state index in [2.05, 4.69) is 19.2 Å². The van der Waals surface area contributed by atoms with E-state index in [4.69, 9.17) is 5.73 Å². The molecule has 3 atom stereocenters. The maximum absolute atomic E-state index is 11.2. The SMILES string of the molecule is Cc1cc(C(N)=O)ccc1NC1CCCC(C)C1C. The number of hydrogen-bond acceptors (Lipinski definition) is 2. The molecule has 3 heteroatoms. The number of benzene rings is 1. The largest absolute Gasteiger partial charge is 0.382 e. The molecule has 1 aromatic rings. The minimum atomic E-state index is -0.366. The molecule has 3 unspecified atom stereocenters. The van der Waals surface area contributed by atoms with Crippen molar-refractivity contribution < 1.29 is 4.79 Å². The van der Waals surface area contributed by atoms with Gasteiger partial charge in [-0.15, -0.1) is 0 Å². The normalized spacial score (nSPS) is 27.0. The van der Waals surface area contributed by atoms with Crippen LogP contribution in [0.25, 0.3) is 0 Å². The minimum Gasteiger partial charge on any atom is -0.382 e. The third kappa shape index (κ3) is 3.09. The number of primary amides is 1. The summed E-state index contributed by atoms with van der Waals surface area (Å²) >= 11 is 0. The molecular weight excluding hydrogens is 236 g/mol. The molecule has 0 saturated heterocycles. The second kappa shape index (κ2) is 5.64. The Bertz CT molecular complexity index is 470. The van der Waals surface area contributed by atoms with E-state index in [1.54, 1.807) is 6.07 Å². The van der Waals surface area contributed by atoms with Crippen LogP contribution in [0.5, 0.6) is 0 Å². The molecule has 1 amide bonds. The summed E-state index contributed by atoms with van der Waals surface area (Å²) in [6.45, 7) is 6.68. The molecule has 0 aliphatic heterocycles. The molecule has 1 aliphatic carbocycles. The van der Waals surface area contributed by atoms with Crippen molar-refractivity contribution in [2.75, 3.05) is 5.32 Å². The van der Waals surface area contributed by atoms with Gasteiger partial charge in [-0.2, -0.15) is 0 Å². The lowest BCUT2D eigenvalue weighted by atomic mass is 9.78. The van der Waals surface area contributed by atoms with E-state index in [-0.39, 0.29) is 5.91 Å². The molecular formula is C16H24N2O. The van der Waals surface area contributed by atoms with Crippen LogP contribution in [0.4, 0.5) is 5.69 Å². The summed E-state index contributed by atoms with van der Waals surface area (Å²) in [5.41, 5.74) is 8.08. The number of nitrogens with one attached hydrogen (secondary N) is 1. The summed E-state index contributed by atoms with van der Waals surface area (Å²) in [6.07, 6.45) is 3.85. The second-order valence-corrected chi connectivity index (χ2v) is 5.91. The van der Waals surface area contributed by atoms with E-state index in [0.717, 1.165) is 17.2 Å². The molecule has 1 saturated carbocycles. The number of amides is 1. The molecule has 104 valence electrons. The third-order valence-electron chi connectivity index (χ3n) is 4.56. The van der Waals surface area contributed by atoms with Crippen molar-refractivity contribution >= 4 is 11.6 Å². The average molecular weight is 260 g/mol. The smallest absolute Gasteiger partial charge is 0.248 e. The fraction of sp³-hybridized carbons (Fsp3) is 0.562. The van der Waals surface area contributed by atoms with Crippen molar-refractivity contribution in [1.82, 2.24) is 0 Å². The van der Waals surface area contributed by atoms with Gasteiger partial charge in [0.1, 0.15) is 0 Å². The van der Waals surface area contributed by atoms with Crippen LogP contribution in [0, 0.1) is 18.8 Å². The van der Waals surface area contributed by atoms with Crippen molar-refractivity contribution in [3.8, 4) is 0 Å². The molecule has 0 spiro atoms. The standard InChI is InChI=1S/C16H24N2O/c1-10-5-4-6-15(12(10)3)18-14-8-7-13(16(17)19)9-11(14)2/h7-10,12,15,18H,4-6H2,1-3H3,(H2,17,19). The van der Waals surface area contributed by atoms with Gasteiger partial charge < -0.3 is 11.1 Å². The number of carbonyl (C=O) groups excluding carboxylic acids is 1. The van der Waals surface area contributed by atoms with Gasteiger partial charge in [-0.05, 0) is 48.9 Å². The molecule has 0 bridgehead atoms. The lowest BCUT2D eigenvalue weighted by Crippen LogP contribution is -2.35. The Labute approximate surface area is 115 Å². The Morgan fingerprint density at radius 1 is 1.32 bits per heavy atom. The Balaban J connectivity index is 2.12. The van der Waals surface area contributed by atoms with E-state index in [1.807, 2.05) is 19.1 Å². The molecule has 1 aliphatic rings. The number of hydrogen-bond donors (Lipinski definition) is 2. The molecule has 3 nitrogen and oxygen atoms in total. The van der Waals surface area contributed by atoms with Gasteiger partial charge >= 0.3 is 0 Å². The first-order valence-electron chi connectivity index (χ1n) is 7.16. The summed E-state index contributed by atoms with van der Waals surface area (Å²) in [4.78, 5) is 11.2. The number of nitrogens with two attached hydrogens (primary N) is 1. The first-order chi connectivity index (χ1) is 8.99. The number of aryl methyl sites for hydroxylation is 1. The maximum atomic E-state index is 11.2. The highest BCUT2D eigenvalue weighted by Gasteiger charge is 2.27. The van der Waals surface area contributed by atoms with Crippen LogP contribution in [0.3, 0.4) is 0 Å². The van der Waals surface area contributed by atoms with Crippen molar-refractivity contribution in [2.24, 2.45) is 17.6 Å². The van der Waals surface area contributed by atoms with Gasteiger partial charge in [0.25, 0.3) is 0 Å². The van der Waals surface area contributed by atoms with Crippen LogP contribution in [-0.2, 0) is 0 Å². The van der Waals surface area contributed by atoms with E-state index in [0.29, 0.717) is 17.5 Å². The number of anilines is 1. The molecule has 3 N–H and O–H groups in total. The quantitative estimate of drug-likeness (QED) is 0.875. The monoisotopic (exact) mass is 260 g/mol. The van der Waals surface area contributed by atoms with Crippen LogP contribution in [0.15, 0.2) is 18.2 Å². The second-order valence-electron chi connectivity index (χ2n) is 5.91. The van der Waals surface area contributed by atoms with Gasteiger partial charge in [-0.25, -0.2) is 0 Å². The summed E-state index contributed by atoms with van der Waals surface area (Å²) in [7, 11) is 0. The van der Waals surface area contributed by atoms with E-state index >= 15 is 0 Å². The number of carbonyl (C=O) groups is 1. The lowest BCUT2D eigenvalue weighted by Gasteiger charge is -2.35. The molecule has 1 fully saturated rings. The summed E-state index contributed by atoms with van der Waals surface area (Å²) in [5.74, 6) is 1.09. The zero-order valence-electron chi connectivity index (χ0n) is 12.1. The Hall–Kier alpha value is -1.51. The Morgan fingerprint density at radius 3 is 2.68 bits per heavy atom. The Morgan fingerprint density at radius 2 is 2.05 bits per heavy atom. The van der Waals surface area contributed by atoms with E-state index in [9.17, 15) is 4.79 Å². The topological polar surface area (TPSA) is 55.1 Å². The van der Waals surface area contributed by atoms with E-state index < -0.39 is 0 Å². The van der Waals surface area contributed by atoms with Crippen LogP contribution in [-0.4, -0.2) is 11.9 Å². The zero-order valence-corrected chi connectivity index (χ0v) is 12.1. The van der Waals surface area contributed by atoms with Crippen molar-refractivity contribution in [1.29, 1.82) is 0 Å². The predicted octanol–water partition coefficient (Wildman–Crippen LogP) is 3.33. The first kappa shape index (κ1) is 13.9. The van der Waals surface area contributed by atoms with Gasteiger partial charge in [0, 0.05) is 17.3 Å². The summed E-state index contributed by atoms with van der Waals surface area (Å²) in [5, 5.41) is 3.64. The van der Waals surface area contributed by atoms with Crippen molar-refractivity contribution in [2.45, 2.75) is 46.1 Å². The lowest BCUT2D eigenvalue weighted by molar-refractivity contribution is 0.1000. The highest BCUT2D eigenvalue weighted by atomic mass is 16.1. The molecule has 0 aromatic heterocycles. The third-order valence-corrected chi connectivity index (χ3v) is 4.56. The molecule has 19 heavy (non-hydrogen) atoms. The van der Waals surface area contributed by atoms with Crippen molar-refractivity contribution in [3.63, 3.8) is 0 Å². The highest BCUT2D eigenvalue weighted by molar-refractivity contribution is 5.93. The fourth-order valence-electron chi connectivity index (χ4n) is 2.96. The Kier molecular flexibility index (Phi) is 4.13.